The molecule has 2 N–H and O–H groups in total. The lowest BCUT2D eigenvalue weighted by Crippen LogP contribution is -2.33. The van der Waals surface area contributed by atoms with Crippen molar-refractivity contribution >= 4 is 11.7 Å². The molecule has 7 heteroatoms. The van der Waals surface area contributed by atoms with E-state index in [4.69, 9.17) is 11.0 Å². The molecule has 7 nitrogen and oxygen atoms in total. The summed E-state index contributed by atoms with van der Waals surface area (Å²) >= 11 is 0. The highest BCUT2D eigenvalue weighted by atomic mass is 16.6. The second-order valence-corrected chi connectivity index (χ2v) is 3.54. The molecule has 0 aliphatic carbocycles. The molecule has 0 aromatic heterocycles. The number of nitriles is 1. The standard InChI is InChI=1S/C11H11N3O4/c1-18-11(15)10(13)5-7-2-3-9(14(16)17)4-8(7)6-12/h2-4,10H,5,13H2,1H3/t10-/m1/s1. The first-order chi connectivity index (χ1) is 8.49. The largest absolute Gasteiger partial charge is 0.468 e. The van der Waals surface area contributed by atoms with Crippen molar-refractivity contribution in [3.63, 3.8) is 0 Å². The summed E-state index contributed by atoms with van der Waals surface area (Å²) in [5.74, 6) is -0.600. The number of nitrogens with zero attached hydrogens (tertiary/aromatic N) is 2. The van der Waals surface area contributed by atoms with Gasteiger partial charge in [-0.05, 0) is 12.0 Å². The van der Waals surface area contributed by atoms with E-state index in [0.717, 1.165) is 6.07 Å². The Bertz CT molecular complexity index is 522. The minimum Gasteiger partial charge on any atom is -0.468 e. The van der Waals surface area contributed by atoms with Crippen molar-refractivity contribution in [3.05, 3.63) is 39.4 Å². The molecule has 0 heterocycles. The molecule has 94 valence electrons. The van der Waals surface area contributed by atoms with Crippen LogP contribution in [0.1, 0.15) is 11.1 Å². The molecule has 18 heavy (non-hydrogen) atoms. The first kappa shape index (κ1) is 13.6. The van der Waals surface area contributed by atoms with Crippen LogP contribution < -0.4 is 5.73 Å². The summed E-state index contributed by atoms with van der Waals surface area (Å²) in [5, 5.41) is 19.5. The molecule has 0 amide bonds. The summed E-state index contributed by atoms with van der Waals surface area (Å²) in [5.41, 5.74) is 5.99. The zero-order valence-corrected chi connectivity index (χ0v) is 9.62. The Labute approximate surface area is 103 Å². The number of ether oxygens (including phenoxy) is 1. The number of rotatable bonds is 4. The Balaban J connectivity index is 3.00. The number of carbonyl (C=O) groups is 1. The molecule has 0 aliphatic rings. The van der Waals surface area contributed by atoms with Crippen LogP contribution >= 0.6 is 0 Å². The molecular weight excluding hydrogens is 238 g/mol. The molecular formula is C11H11N3O4. The number of esters is 1. The summed E-state index contributed by atoms with van der Waals surface area (Å²) in [6.45, 7) is 0. The fourth-order valence-electron chi connectivity index (χ4n) is 1.43. The Morgan fingerprint density at radius 3 is 2.83 bits per heavy atom. The van der Waals surface area contributed by atoms with Gasteiger partial charge in [-0.1, -0.05) is 6.07 Å². The number of nitrogens with two attached hydrogens (primary N) is 1. The molecule has 1 atom stereocenters. The summed E-state index contributed by atoms with van der Waals surface area (Å²) < 4.78 is 4.46. The molecule has 1 aromatic carbocycles. The van der Waals surface area contributed by atoms with Gasteiger partial charge in [0.25, 0.3) is 5.69 Å². The highest BCUT2D eigenvalue weighted by Gasteiger charge is 2.18. The van der Waals surface area contributed by atoms with Gasteiger partial charge in [0.15, 0.2) is 0 Å². The van der Waals surface area contributed by atoms with Gasteiger partial charge in [-0.25, -0.2) is 0 Å². The summed E-state index contributed by atoms with van der Waals surface area (Å²) in [7, 11) is 1.21. The average molecular weight is 249 g/mol. The van der Waals surface area contributed by atoms with E-state index in [1.807, 2.05) is 6.07 Å². The molecule has 0 saturated carbocycles. The average Bonchev–Trinajstić information content (AvgIpc) is 2.37. The number of benzene rings is 1. The molecule has 1 aromatic rings. The number of non-ortho nitro benzene ring substituents is 1. The van der Waals surface area contributed by atoms with Crippen LogP contribution in [-0.4, -0.2) is 24.0 Å². The Kier molecular flexibility index (Phi) is 4.34. The second kappa shape index (κ2) is 5.75. The van der Waals surface area contributed by atoms with Crippen molar-refractivity contribution in [1.82, 2.24) is 0 Å². The first-order valence-corrected chi connectivity index (χ1v) is 5.00. The highest BCUT2D eigenvalue weighted by molar-refractivity contribution is 5.75. The SMILES string of the molecule is COC(=O)[C@H](N)Cc1ccc([N+](=O)[O-])cc1C#N. The van der Waals surface area contributed by atoms with Crippen LogP contribution in [0.3, 0.4) is 0 Å². The number of nitro benzene ring substituents is 1. The fraction of sp³-hybridized carbons (Fsp3) is 0.273. The van der Waals surface area contributed by atoms with Crippen LogP contribution in [0.2, 0.25) is 0 Å². The Morgan fingerprint density at radius 1 is 1.67 bits per heavy atom. The summed E-state index contributed by atoms with van der Waals surface area (Å²) in [6.07, 6.45) is 0.0908. The number of nitro groups is 1. The van der Waals surface area contributed by atoms with E-state index in [9.17, 15) is 14.9 Å². The quantitative estimate of drug-likeness (QED) is 0.471. The molecule has 0 radical (unpaired) electrons. The van der Waals surface area contributed by atoms with E-state index in [1.165, 1.54) is 19.2 Å². The maximum atomic E-state index is 11.2. The van der Waals surface area contributed by atoms with Gasteiger partial charge in [0.05, 0.1) is 23.7 Å². The van der Waals surface area contributed by atoms with Gasteiger partial charge >= 0.3 is 5.97 Å². The van der Waals surface area contributed by atoms with Crippen molar-refractivity contribution in [1.29, 1.82) is 5.26 Å². The Morgan fingerprint density at radius 2 is 2.33 bits per heavy atom. The lowest BCUT2D eigenvalue weighted by atomic mass is 10.0. The van der Waals surface area contributed by atoms with Gasteiger partial charge in [0.2, 0.25) is 0 Å². The van der Waals surface area contributed by atoms with Gasteiger partial charge in [-0.15, -0.1) is 0 Å². The molecule has 0 fully saturated rings. The van der Waals surface area contributed by atoms with Crippen molar-refractivity contribution in [3.8, 4) is 6.07 Å². The molecule has 0 spiro atoms. The number of hydrogen-bond donors (Lipinski definition) is 1. The van der Waals surface area contributed by atoms with Crippen LogP contribution in [0.25, 0.3) is 0 Å². The highest BCUT2D eigenvalue weighted by Crippen LogP contribution is 2.18. The molecule has 1 rings (SSSR count). The predicted molar refractivity (Wildman–Crippen MR) is 61.5 cm³/mol. The van der Waals surface area contributed by atoms with Crippen molar-refractivity contribution in [2.24, 2.45) is 5.73 Å². The Hall–Kier alpha value is -2.46. The predicted octanol–water partition coefficient (Wildman–Crippen LogP) is 0.509. The van der Waals surface area contributed by atoms with E-state index in [1.54, 1.807) is 0 Å². The third-order valence-corrected chi connectivity index (χ3v) is 2.37. The molecule has 0 saturated heterocycles. The third kappa shape index (κ3) is 3.02. The maximum Gasteiger partial charge on any atom is 0.322 e. The zero-order valence-electron chi connectivity index (χ0n) is 9.62. The van der Waals surface area contributed by atoms with Crippen molar-refractivity contribution < 1.29 is 14.5 Å². The van der Waals surface area contributed by atoms with Gasteiger partial charge in [-0.3, -0.25) is 14.9 Å². The van der Waals surface area contributed by atoms with E-state index in [-0.39, 0.29) is 17.7 Å². The monoisotopic (exact) mass is 249 g/mol. The van der Waals surface area contributed by atoms with Gasteiger partial charge in [0.1, 0.15) is 6.04 Å². The minimum atomic E-state index is -0.899. The van der Waals surface area contributed by atoms with Crippen molar-refractivity contribution in [2.75, 3.05) is 7.11 Å². The van der Waals surface area contributed by atoms with Crippen LogP contribution in [0.5, 0.6) is 0 Å². The summed E-state index contributed by atoms with van der Waals surface area (Å²) in [6, 6.07) is 4.77. The van der Waals surface area contributed by atoms with Crippen LogP contribution in [0.4, 0.5) is 5.69 Å². The topological polar surface area (TPSA) is 119 Å². The van der Waals surface area contributed by atoms with Gasteiger partial charge < -0.3 is 10.5 Å². The lowest BCUT2D eigenvalue weighted by Gasteiger charge is -2.10. The number of hydrogen-bond acceptors (Lipinski definition) is 6. The van der Waals surface area contributed by atoms with Crippen LogP contribution in [0, 0.1) is 21.4 Å². The second-order valence-electron chi connectivity index (χ2n) is 3.54. The van der Waals surface area contributed by atoms with Gasteiger partial charge in [-0.2, -0.15) is 5.26 Å². The van der Waals surface area contributed by atoms with Crippen LogP contribution in [-0.2, 0) is 16.0 Å². The van der Waals surface area contributed by atoms with Crippen molar-refractivity contribution in [2.45, 2.75) is 12.5 Å². The normalized spacial score (nSPS) is 11.4. The van der Waals surface area contributed by atoms with Gasteiger partial charge in [0, 0.05) is 12.1 Å². The van der Waals surface area contributed by atoms with Crippen LogP contribution in [0.15, 0.2) is 18.2 Å². The molecule has 0 aliphatic heterocycles. The minimum absolute atomic E-state index is 0.0908. The van der Waals surface area contributed by atoms with E-state index in [2.05, 4.69) is 4.74 Å². The fourth-order valence-corrected chi connectivity index (χ4v) is 1.43. The van der Waals surface area contributed by atoms with E-state index >= 15 is 0 Å². The van der Waals surface area contributed by atoms with E-state index < -0.39 is 16.9 Å². The molecule has 0 unspecified atom stereocenters. The maximum absolute atomic E-state index is 11.2. The summed E-state index contributed by atoms with van der Waals surface area (Å²) in [4.78, 5) is 21.1. The third-order valence-electron chi connectivity index (χ3n) is 2.37. The number of methoxy groups -OCH3 is 1. The first-order valence-electron chi connectivity index (χ1n) is 5.00. The van der Waals surface area contributed by atoms with E-state index in [0.29, 0.717) is 5.56 Å². The smallest absolute Gasteiger partial charge is 0.322 e. The zero-order chi connectivity index (χ0) is 13.7. The molecule has 0 bridgehead atoms. The number of carbonyl (C=O) groups excluding carboxylic acids is 1. The lowest BCUT2D eigenvalue weighted by molar-refractivity contribution is -0.384.